The van der Waals surface area contributed by atoms with E-state index >= 15 is 0 Å². The molecule has 0 amide bonds. The lowest BCUT2D eigenvalue weighted by Crippen LogP contribution is -2.22. The first-order chi connectivity index (χ1) is 12.8. The molecule has 2 aromatic carbocycles. The van der Waals surface area contributed by atoms with E-state index in [9.17, 15) is 0 Å². The Balaban J connectivity index is 1.44. The van der Waals surface area contributed by atoms with Crippen LogP contribution >= 0.6 is 0 Å². The molecule has 1 unspecified atom stereocenters. The highest BCUT2D eigenvalue weighted by Crippen LogP contribution is 2.29. The second kappa shape index (κ2) is 7.75. The molecular weight excluding hydrogens is 322 g/mol. The molecule has 1 aliphatic heterocycles. The zero-order chi connectivity index (χ0) is 17.8. The number of hydrogen-bond acceptors (Lipinski definition) is 3. The molecule has 0 fully saturated rings. The highest BCUT2D eigenvalue weighted by molar-refractivity contribution is 5.40. The topological polar surface area (TPSA) is 39.1 Å². The van der Waals surface area contributed by atoms with Crippen LogP contribution in [0.15, 0.2) is 60.9 Å². The zero-order valence-corrected chi connectivity index (χ0v) is 15.2. The fourth-order valence-corrected chi connectivity index (χ4v) is 3.57. The first-order valence-electron chi connectivity index (χ1n) is 9.36. The Kier molecular flexibility index (Phi) is 5.02. The minimum Gasteiger partial charge on any atom is -0.493 e. The van der Waals surface area contributed by atoms with Gasteiger partial charge in [-0.3, -0.25) is 0 Å². The predicted octanol–water partition coefficient (Wildman–Crippen LogP) is 4.11. The number of nitrogens with one attached hydrogen (secondary N) is 1. The summed E-state index contributed by atoms with van der Waals surface area (Å²) < 4.78 is 7.84. The monoisotopic (exact) mass is 347 g/mol. The Bertz CT molecular complexity index is 857. The maximum atomic E-state index is 5.62. The van der Waals surface area contributed by atoms with E-state index in [0.717, 1.165) is 44.1 Å². The standard InChI is InChI=1S/C22H25N3O/c1-2-20(18-8-9-21-19(14-18)10-13-26-21)24-15-22-23-11-12-25(22)16-17-6-4-3-5-7-17/h3-9,11-12,14,20,24H,2,10,13,15-16H2,1H3. The van der Waals surface area contributed by atoms with Crippen LogP contribution in [-0.4, -0.2) is 16.2 Å². The second-order valence-corrected chi connectivity index (χ2v) is 6.76. The molecule has 1 atom stereocenters. The summed E-state index contributed by atoms with van der Waals surface area (Å²) in [5.74, 6) is 2.11. The third-order valence-electron chi connectivity index (χ3n) is 5.03. The number of hydrogen-bond donors (Lipinski definition) is 1. The average Bonchev–Trinajstić information content (AvgIpc) is 3.32. The van der Waals surface area contributed by atoms with Crippen LogP contribution in [0, 0.1) is 0 Å². The smallest absolute Gasteiger partial charge is 0.122 e. The molecule has 1 aliphatic rings. The van der Waals surface area contributed by atoms with Crippen LogP contribution in [0.5, 0.6) is 5.75 Å². The first kappa shape index (κ1) is 16.9. The van der Waals surface area contributed by atoms with E-state index in [4.69, 9.17) is 4.74 Å². The van der Waals surface area contributed by atoms with Gasteiger partial charge >= 0.3 is 0 Å². The predicted molar refractivity (Wildman–Crippen MR) is 103 cm³/mol. The van der Waals surface area contributed by atoms with Crippen molar-refractivity contribution in [2.75, 3.05) is 6.61 Å². The minimum absolute atomic E-state index is 0.322. The lowest BCUT2D eigenvalue weighted by molar-refractivity contribution is 0.356. The molecule has 4 rings (SSSR count). The van der Waals surface area contributed by atoms with Gasteiger partial charge in [-0.15, -0.1) is 0 Å². The van der Waals surface area contributed by atoms with Crippen LogP contribution in [0.3, 0.4) is 0 Å². The molecule has 0 bridgehead atoms. The molecule has 4 nitrogen and oxygen atoms in total. The van der Waals surface area contributed by atoms with Crippen molar-refractivity contribution in [1.29, 1.82) is 0 Å². The van der Waals surface area contributed by atoms with E-state index < -0.39 is 0 Å². The molecule has 0 aliphatic carbocycles. The summed E-state index contributed by atoms with van der Waals surface area (Å²) >= 11 is 0. The Labute approximate surface area is 154 Å². The van der Waals surface area contributed by atoms with E-state index in [1.165, 1.54) is 16.7 Å². The highest BCUT2D eigenvalue weighted by atomic mass is 16.5. The average molecular weight is 347 g/mol. The van der Waals surface area contributed by atoms with Crippen LogP contribution < -0.4 is 10.1 Å². The number of imidazole rings is 1. The normalized spacial score (nSPS) is 14.0. The van der Waals surface area contributed by atoms with Crippen molar-refractivity contribution in [2.24, 2.45) is 0 Å². The number of nitrogens with zero attached hydrogens (tertiary/aromatic N) is 2. The third-order valence-corrected chi connectivity index (χ3v) is 5.03. The van der Waals surface area contributed by atoms with Crippen LogP contribution in [0.2, 0.25) is 0 Å². The molecule has 4 heteroatoms. The summed E-state index contributed by atoms with van der Waals surface area (Å²) in [6.45, 7) is 4.63. The summed E-state index contributed by atoms with van der Waals surface area (Å²) in [6.07, 6.45) is 5.99. The molecule has 1 aromatic heterocycles. The van der Waals surface area contributed by atoms with Gasteiger partial charge in [0.1, 0.15) is 11.6 Å². The van der Waals surface area contributed by atoms with Gasteiger partial charge < -0.3 is 14.6 Å². The first-order valence-corrected chi connectivity index (χ1v) is 9.36. The Hall–Kier alpha value is -2.59. The highest BCUT2D eigenvalue weighted by Gasteiger charge is 2.16. The van der Waals surface area contributed by atoms with Gasteiger partial charge in [0.25, 0.3) is 0 Å². The van der Waals surface area contributed by atoms with E-state index in [2.05, 4.69) is 70.5 Å². The number of rotatable bonds is 7. The fourth-order valence-electron chi connectivity index (χ4n) is 3.57. The minimum atomic E-state index is 0.322. The molecule has 2 heterocycles. The Morgan fingerprint density at radius 3 is 2.92 bits per heavy atom. The Morgan fingerprint density at radius 1 is 1.19 bits per heavy atom. The van der Waals surface area contributed by atoms with Gasteiger partial charge in [0.15, 0.2) is 0 Å². The van der Waals surface area contributed by atoms with E-state index in [1.54, 1.807) is 0 Å². The van der Waals surface area contributed by atoms with Crippen molar-refractivity contribution < 1.29 is 4.74 Å². The zero-order valence-electron chi connectivity index (χ0n) is 15.2. The second-order valence-electron chi connectivity index (χ2n) is 6.76. The lowest BCUT2D eigenvalue weighted by Gasteiger charge is -2.18. The van der Waals surface area contributed by atoms with Gasteiger partial charge in [0.2, 0.25) is 0 Å². The molecule has 3 aromatic rings. The molecule has 0 spiro atoms. The Morgan fingerprint density at radius 2 is 2.08 bits per heavy atom. The van der Waals surface area contributed by atoms with Gasteiger partial charge in [0, 0.05) is 31.4 Å². The molecule has 134 valence electrons. The largest absolute Gasteiger partial charge is 0.493 e. The summed E-state index contributed by atoms with van der Waals surface area (Å²) in [7, 11) is 0. The van der Waals surface area contributed by atoms with E-state index in [-0.39, 0.29) is 0 Å². The fraction of sp³-hybridized carbons (Fsp3) is 0.318. The van der Waals surface area contributed by atoms with Crippen molar-refractivity contribution in [1.82, 2.24) is 14.9 Å². The van der Waals surface area contributed by atoms with Gasteiger partial charge in [-0.2, -0.15) is 0 Å². The number of aromatic nitrogens is 2. The van der Waals surface area contributed by atoms with Crippen molar-refractivity contribution in [3.8, 4) is 5.75 Å². The summed E-state index contributed by atoms with van der Waals surface area (Å²) in [5.41, 5.74) is 3.95. The van der Waals surface area contributed by atoms with Crippen molar-refractivity contribution in [3.05, 3.63) is 83.4 Å². The summed E-state index contributed by atoms with van der Waals surface area (Å²) in [4.78, 5) is 4.55. The summed E-state index contributed by atoms with van der Waals surface area (Å²) in [5, 5.41) is 3.68. The van der Waals surface area contributed by atoms with Gasteiger partial charge in [-0.1, -0.05) is 49.4 Å². The van der Waals surface area contributed by atoms with Crippen LogP contribution in [-0.2, 0) is 19.5 Å². The van der Waals surface area contributed by atoms with Crippen LogP contribution in [0.25, 0.3) is 0 Å². The lowest BCUT2D eigenvalue weighted by atomic mass is 10.0. The SMILES string of the molecule is CCC(NCc1nccn1Cc1ccccc1)c1ccc2c(c1)CCO2. The van der Waals surface area contributed by atoms with Crippen molar-refractivity contribution in [2.45, 2.75) is 38.9 Å². The van der Waals surface area contributed by atoms with E-state index in [1.807, 2.05) is 12.3 Å². The third kappa shape index (κ3) is 3.65. The van der Waals surface area contributed by atoms with Gasteiger partial charge in [0.05, 0.1) is 13.2 Å². The summed E-state index contributed by atoms with van der Waals surface area (Å²) in [6, 6.07) is 17.4. The number of benzene rings is 2. The number of ether oxygens (including phenoxy) is 1. The van der Waals surface area contributed by atoms with Gasteiger partial charge in [-0.05, 0) is 29.2 Å². The van der Waals surface area contributed by atoms with Gasteiger partial charge in [-0.25, -0.2) is 4.98 Å². The quantitative estimate of drug-likeness (QED) is 0.699. The van der Waals surface area contributed by atoms with Crippen molar-refractivity contribution >= 4 is 0 Å². The molecule has 26 heavy (non-hydrogen) atoms. The number of fused-ring (bicyclic) bond motifs is 1. The van der Waals surface area contributed by atoms with Crippen molar-refractivity contribution in [3.63, 3.8) is 0 Å². The molecule has 1 N–H and O–H groups in total. The van der Waals surface area contributed by atoms with E-state index in [0.29, 0.717) is 6.04 Å². The van der Waals surface area contributed by atoms with Crippen LogP contribution in [0.4, 0.5) is 0 Å². The molecular formula is C22H25N3O. The van der Waals surface area contributed by atoms with Crippen LogP contribution in [0.1, 0.15) is 41.9 Å². The molecule has 0 saturated carbocycles. The maximum absolute atomic E-state index is 5.62. The molecule has 0 radical (unpaired) electrons. The maximum Gasteiger partial charge on any atom is 0.122 e. The molecule has 0 saturated heterocycles.